The van der Waals surface area contributed by atoms with E-state index in [1.54, 1.807) is 0 Å². The summed E-state index contributed by atoms with van der Waals surface area (Å²) in [7, 11) is 0. The minimum absolute atomic E-state index is 0.00176. The normalized spacial score (nSPS) is 35.1. The van der Waals surface area contributed by atoms with E-state index in [0.717, 1.165) is 12.2 Å². The minimum Gasteiger partial charge on any atom is -0.293 e. The van der Waals surface area contributed by atoms with Crippen LogP contribution in [-0.4, -0.2) is 41.5 Å². The number of likely N-dealkylation sites (tertiary alicyclic amines) is 1. The Morgan fingerprint density at radius 3 is 2.77 bits per heavy atom. The average molecular weight is 207 g/mol. The standard InChI is InChI=1S/C9H15F2NS/c10-9(11)3-4-12(7-9)8-2-1-5-13-6-8/h8H,1-7H2. The Labute approximate surface area is 81.9 Å². The van der Waals surface area contributed by atoms with Crippen molar-refractivity contribution in [2.45, 2.75) is 31.2 Å². The van der Waals surface area contributed by atoms with Gasteiger partial charge in [0.2, 0.25) is 0 Å². The van der Waals surface area contributed by atoms with E-state index in [0.29, 0.717) is 12.6 Å². The van der Waals surface area contributed by atoms with Gasteiger partial charge >= 0.3 is 0 Å². The molecule has 2 rings (SSSR count). The minimum atomic E-state index is -2.41. The van der Waals surface area contributed by atoms with Gasteiger partial charge in [0.05, 0.1) is 6.54 Å². The van der Waals surface area contributed by atoms with Gasteiger partial charge in [-0.25, -0.2) is 8.78 Å². The van der Waals surface area contributed by atoms with Gasteiger partial charge in [-0.3, -0.25) is 4.90 Å². The predicted molar refractivity (Wildman–Crippen MR) is 51.5 cm³/mol. The van der Waals surface area contributed by atoms with Crippen LogP contribution in [-0.2, 0) is 0 Å². The van der Waals surface area contributed by atoms with Gasteiger partial charge < -0.3 is 0 Å². The summed E-state index contributed by atoms with van der Waals surface area (Å²) < 4.78 is 25.8. The van der Waals surface area contributed by atoms with E-state index in [1.165, 1.54) is 12.2 Å². The number of hydrogen-bond donors (Lipinski definition) is 0. The summed E-state index contributed by atoms with van der Waals surface area (Å²) in [6, 6.07) is 0.423. The van der Waals surface area contributed by atoms with E-state index in [-0.39, 0.29) is 13.0 Å². The first-order valence-electron chi connectivity index (χ1n) is 4.87. The third kappa shape index (κ3) is 2.34. The van der Waals surface area contributed by atoms with Crippen molar-refractivity contribution < 1.29 is 8.78 Å². The van der Waals surface area contributed by atoms with Gasteiger partial charge in [0.25, 0.3) is 5.92 Å². The van der Waals surface area contributed by atoms with Crippen molar-refractivity contribution in [1.29, 1.82) is 0 Å². The molecule has 1 nitrogen and oxygen atoms in total. The molecule has 0 aromatic carbocycles. The van der Waals surface area contributed by atoms with Crippen molar-refractivity contribution in [2.24, 2.45) is 0 Å². The maximum atomic E-state index is 12.9. The molecule has 2 aliphatic heterocycles. The summed E-state index contributed by atoms with van der Waals surface area (Å²) in [6.07, 6.45) is 2.37. The molecule has 1 unspecified atom stereocenters. The molecule has 0 aromatic rings. The van der Waals surface area contributed by atoms with Crippen molar-refractivity contribution in [1.82, 2.24) is 4.90 Å². The van der Waals surface area contributed by atoms with E-state index in [9.17, 15) is 8.78 Å². The zero-order chi connectivity index (χ0) is 9.31. The van der Waals surface area contributed by atoms with Gasteiger partial charge in [0.1, 0.15) is 0 Å². The van der Waals surface area contributed by atoms with Crippen LogP contribution >= 0.6 is 11.8 Å². The van der Waals surface area contributed by atoms with Gasteiger partial charge in [-0.2, -0.15) is 11.8 Å². The Balaban J connectivity index is 1.87. The topological polar surface area (TPSA) is 3.24 Å². The van der Waals surface area contributed by atoms with Gasteiger partial charge in [-0.1, -0.05) is 0 Å². The molecule has 0 amide bonds. The predicted octanol–water partition coefficient (Wildman–Crippen LogP) is 2.22. The van der Waals surface area contributed by atoms with Gasteiger partial charge in [0.15, 0.2) is 0 Å². The number of rotatable bonds is 1. The molecule has 2 saturated heterocycles. The molecule has 1 atom stereocenters. The Hall–Kier alpha value is 0.170. The zero-order valence-corrected chi connectivity index (χ0v) is 8.45. The maximum Gasteiger partial charge on any atom is 0.261 e. The molecule has 13 heavy (non-hydrogen) atoms. The van der Waals surface area contributed by atoms with Crippen molar-refractivity contribution >= 4 is 11.8 Å². The molecule has 0 bridgehead atoms. The fourth-order valence-corrected chi connectivity index (χ4v) is 3.27. The fraction of sp³-hybridized carbons (Fsp3) is 1.00. The second-order valence-electron chi connectivity index (χ2n) is 3.95. The summed E-state index contributed by atoms with van der Waals surface area (Å²) >= 11 is 1.90. The van der Waals surface area contributed by atoms with Crippen molar-refractivity contribution in [3.8, 4) is 0 Å². The molecule has 4 heteroatoms. The molecule has 2 heterocycles. The summed E-state index contributed by atoms with van der Waals surface area (Å²) in [5.41, 5.74) is 0. The first kappa shape index (κ1) is 9.71. The summed E-state index contributed by atoms with van der Waals surface area (Å²) in [6.45, 7) is 0.594. The summed E-state index contributed by atoms with van der Waals surface area (Å²) in [5, 5.41) is 0. The smallest absolute Gasteiger partial charge is 0.261 e. The largest absolute Gasteiger partial charge is 0.293 e. The molecule has 0 radical (unpaired) electrons. The van der Waals surface area contributed by atoms with E-state index in [2.05, 4.69) is 0 Å². The van der Waals surface area contributed by atoms with Crippen LogP contribution in [0.15, 0.2) is 0 Å². The summed E-state index contributed by atoms with van der Waals surface area (Å²) in [5.74, 6) is -0.154. The quantitative estimate of drug-likeness (QED) is 0.648. The number of nitrogens with zero attached hydrogens (tertiary/aromatic N) is 1. The molecule has 76 valence electrons. The first-order chi connectivity index (χ1) is 6.17. The third-order valence-electron chi connectivity index (χ3n) is 2.85. The number of halogens is 2. The highest BCUT2D eigenvalue weighted by atomic mass is 32.2. The van der Waals surface area contributed by atoms with Crippen LogP contribution in [0.1, 0.15) is 19.3 Å². The van der Waals surface area contributed by atoms with E-state index >= 15 is 0 Å². The van der Waals surface area contributed by atoms with Crippen molar-refractivity contribution in [3.63, 3.8) is 0 Å². The van der Waals surface area contributed by atoms with Crippen molar-refractivity contribution in [2.75, 3.05) is 24.6 Å². The van der Waals surface area contributed by atoms with E-state index in [4.69, 9.17) is 0 Å². The molecule has 0 aromatic heterocycles. The molecular weight excluding hydrogens is 192 g/mol. The molecular formula is C9H15F2NS. The fourth-order valence-electron chi connectivity index (χ4n) is 2.09. The SMILES string of the molecule is FC1(F)CCN(C2CCCSC2)C1. The molecule has 0 aliphatic carbocycles. The third-order valence-corrected chi connectivity index (χ3v) is 4.05. The van der Waals surface area contributed by atoms with Crippen LogP contribution in [0.2, 0.25) is 0 Å². The number of thioether (sulfide) groups is 1. The van der Waals surface area contributed by atoms with Crippen LogP contribution in [0.3, 0.4) is 0 Å². The highest BCUT2D eigenvalue weighted by Gasteiger charge is 2.40. The lowest BCUT2D eigenvalue weighted by Gasteiger charge is -2.30. The van der Waals surface area contributed by atoms with Gasteiger partial charge in [0, 0.05) is 24.8 Å². The molecule has 2 fully saturated rings. The highest BCUT2D eigenvalue weighted by Crippen LogP contribution is 2.31. The Morgan fingerprint density at radius 2 is 2.23 bits per heavy atom. The van der Waals surface area contributed by atoms with Crippen molar-refractivity contribution in [3.05, 3.63) is 0 Å². The van der Waals surface area contributed by atoms with E-state index in [1.807, 2.05) is 16.7 Å². The molecule has 0 N–H and O–H groups in total. The van der Waals surface area contributed by atoms with Crippen LogP contribution in [0.5, 0.6) is 0 Å². The lowest BCUT2D eigenvalue weighted by Crippen LogP contribution is -2.38. The van der Waals surface area contributed by atoms with Crippen LogP contribution < -0.4 is 0 Å². The second kappa shape index (κ2) is 3.73. The number of alkyl halides is 2. The molecule has 2 aliphatic rings. The Bertz CT molecular complexity index is 180. The average Bonchev–Trinajstić information content (AvgIpc) is 2.48. The highest BCUT2D eigenvalue weighted by molar-refractivity contribution is 7.99. The molecule has 0 spiro atoms. The van der Waals surface area contributed by atoms with Gasteiger partial charge in [-0.05, 0) is 18.6 Å². The van der Waals surface area contributed by atoms with Crippen LogP contribution in [0.4, 0.5) is 8.78 Å². The lowest BCUT2D eigenvalue weighted by molar-refractivity contribution is 0.00815. The van der Waals surface area contributed by atoms with E-state index < -0.39 is 5.92 Å². The first-order valence-corrected chi connectivity index (χ1v) is 6.02. The summed E-state index contributed by atoms with van der Waals surface area (Å²) in [4.78, 5) is 1.98. The lowest BCUT2D eigenvalue weighted by atomic mass is 10.1. The Morgan fingerprint density at radius 1 is 1.38 bits per heavy atom. The number of hydrogen-bond acceptors (Lipinski definition) is 2. The Kier molecular flexibility index (Phi) is 2.79. The monoisotopic (exact) mass is 207 g/mol. The zero-order valence-electron chi connectivity index (χ0n) is 7.64. The molecule has 0 saturated carbocycles. The van der Waals surface area contributed by atoms with Crippen LogP contribution in [0, 0.1) is 0 Å². The second-order valence-corrected chi connectivity index (χ2v) is 5.10. The van der Waals surface area contributed by atoms with Crippen LogP contribution in [0.25, 0.3) is 0 Å². The van der Waals surface area contributed by atoms with Gasteiger partial charge in [-0.15, -0.1) is 0 Å². The maximum absolute atomic E-state index is 12.9.